The van der Waals surface area contributed by atoms with Crippen LogP contribution in [-0.2, 0) is 6.54 Å². The lowest BCUT2D eigenvalue weighted by Gasteiger charge is -2.10. The highest BCUT2D eigenvalue weighted by molar-refractivity contribution is 6.32. The van der Waals surface area contributed by atoms with Crippen molar-refractivity contribution in [3.63, 3.8) is 0 Å². The fourth-order valence-corrected chi connectivity index (χ4v) is 2.22. The van der Waals surface area contributed by atoms with Crippen molar-refractivity contribution < 1.29 is 9.47 Å². The van der Waals surface area contributed by atoms with Crippen LogP contribution in [0.1, 0.15) is 12.5 Å². The second-order valence-electron chi connectivity index (χ2n) is 4.68. The number of ether oxygens (including phenoxy) is 2. The van der Waals surface area contributed by atoms with Crippen molar-refractivity contribution in [3.8, 4) is 11.5 Å². The lowest BCUT2D eigenvalue weighted by Crippen LogP contribution is -2.00. The van der Waals surface area contributed by atoms with Gasteiger partial charge in [-0.15, -0.1) is 0 Å². The Kier molecular flexibility index (Phi) is 6.16. The molecule has 0 radical (unpaired) electrons. The normalized spacial score (nSPS) is 10.1. The first-order chi connectivity index (χ1) is 10.7. The molecule has 22 heavy (non-hydrogen) atoms. The minimum atomic E-state index is 0.448. The van der Waals surface area contributed by atoms with E-state index in [0.717, 1.165) is 17.0 Å². The Hall–Kier alpha value is -2.13. The van der Waals surface area contributed by atoms with Gasteiger partial charge in [0, 0.05) is 12.2 Å². The van der Waals surface area contributed by atoms with Crippen LogP contribution in [-0.4, -0.2) is 13.2 Å². The lowest BCUT2D eigenvalue weighted by molar-refractivity contribution is 0.340. The maximum absolute atomic E-state index is 6.20. The van der Waals surface area contributed by atoms with Crippen molar-refractivity contribution in [2.45, 2.75) is 13.5 Å². The van der Waals surface area contributed by atoms with Crippen LogP contribution in [0.4, 0.5) is 5.69 Å². The second kappa shape index (κ2) is 8.35. The van der Waals surface area contributed by atoms with E-state index in [-0.39, 0.29) is 0 Å². The van der Waals surface area contributed by atoms with E-state index in [1.807, 2.05) is 49.4 Å². The zero-order valence-corrected chi connectivity index (χ0v) is 13.4. The summed E-state index contributed by atoms with van der Waals surface area (Å²) in [5, 5.41) is 3.95. The highest BCUT2D eigenvalue weighted by Crippen LogP contribution is 2.26. The molecule has 0 saturated heterocycles. The lowest BCUT2D eigenvalue weighted by atomic mass is 10.2. The third-order valence-corrected chi connectivity index (χ3v) is 3.31. The Labute approximate surface area is 136 Å². The Morgan fingerprint density at radius 3 is 2.55 bits per heavy atom. The number of rotatable bonds is 8. The smallest absolute Gasteiger partial charge is 0.138 e. The van der Waals surface area contributed by atoms with Crippen molar-refractivity contribution in [1.82, 2.24) is 0 Å². The first-order valence-corrected chi connectivity index (χ1v) is 7.59. The molecule has 0 heterocycles. The van der Waals surface area contributed by atoms with Crippen molar-refractivity contribution in [3.05, 3.63) is 65.7 Å². The number of hydrogen-bond donors (Lipinski definition) is 1. The van der Waals surface area contributed by atoms with Gasteiger partial charge in [0.25, 0.3) is 0 Å². The van der Waals surface area contributed by atoms with Gasteiger partial charge in [0.2, 0.25) is 0 Å². The highest BCUT2D eigenvalue weighted by Gasteiger charge is 2.03. The quantitative estimate of drug-likeness (QED) is 0.701. The molecule has 1 N–H and O–H groups in total. The van der Waals surface area contributed by atoms with Crippen molar-refractivity contribution in [2.75, 3.05) is 18.5 Å². The summed E-state index contributed by atoms with van der Waals surface area (Å²) in [5.74, 6) is 1.55. The minimum Gasteiger partial charge on any atom is -0.494 e. The summed E-state index contributed by atoms with van der Waals surface area (Å²) in [6.07, 6.45) is 1.69. The summed E-state index contributed by atoms with van der Waals surface area (Å²) in [7, 11) is 0. The molecule has 0 amide bonds. The molecule has 116 valence electrons. The summed E-state index contributed by atoms with van der Waals surface area (Å²) in [4.78, 5) is 0. The second-order valence-corrected chi connectivity index (χ2v) is 5.08. The molecule has 0 aliphatic carbocycles. The van der Waals surface area contributed by atoms with Gasteiger partial charge in [-0.1, -0.05) is 30.3 Å². The molecule has 2 rings (SSSR count). The van der Waals surface area contributed by atoms with E-state index in [4.69, 9.17) is 21.1 Å². The summed E-state index contributed by atoms with van der Waals surface area (Å²) in [5.41, 5.74) is 2.12. The molecule has 0 fully saturated rings. The SMILES string of the molecule is C=CCOc1ccc(CNc2ccc(OCC)cc2)cc1Cl. The minimum absolute atomic E-state index is 0.448. The predicted molar refractivity (Wildman–Crippen MR) is 92.1 cm³/mol. The molecule has 0 unspecified atom stereocenters. The average Bonchev–Trinajstić information content (AvgIpc) is 2.54. The third-order valence-electron chi connectivity index (χ3n) is 3.01. The molecule has 0 bridgehead atoms. The summed E-state index contributed by atoms with van der Waals surface area (Å²) < 4.78 is 10.9. The van der Waals surface area contributed by atoms with Crippen LogP contribution in [0, 0.1) is 0 Å². The fourth-order valence-electron chi connectivity index (χ4n) is 1.96. The maximum Gasteiger partial charge on any atom is 0.138 e. The molecule has 2 aromatic carbocycles. The van der Waals surface area contributed by atoms with E-state index in [0.29, 0.717) is 30.5 Å². The Bertz CT molecular complexity index is 611. The van der Waals surface area contributed by atoms with Crippen LogP contribution >= 0.6 is 11.6 Å². The zero-order valence-electron chi connectivity index (χ0n) is 12.6. The van der Waals surface area contributed by atoms with Gasteiger partial charge >= 0.3 is 0 Å². The molecule has 0 aliphatic rings. The monoisotopic (exact) mass is 317 g/mol. The van der Waals surface area contributed by atoms with E-state index in [1.165, 1.54) is 0 Å². The van der Waals surface area contributed by atoms with Crippen LogP contribution < -0.4 is 14.8 Å². The number of halogens is 1. The van der Waals surface area contributed by atoms with Crippen LogP contribution in [0.15, 0.2) is 55.1 Å². The number of anilines is 1. The summed E-state index contributed by atoms with van der Waals surface area (Å²) in [6, 6.07) is 13.7. The molecule has 0 atom stereocenters. The van der Waals surface area contributed by atoms with Gasteiger partial charge in [-0.2, -0.15) is 0 Å². The van der Waals surface area contributed by atoms with Crippen LogP contribution in [0.2, 0.25) is 5.02 Å². The van der Waals surface area contributed by atoms with Crippen molar-refractivity contribution in [2.24, 2.45) is 0 Å². The Balaban J connectivity index is 1.93. The van der Waals surface area contributed by atoms with Crippen molar-refractivity contribution >= 4 is 17.3 Å². The molecule has 3 nitrogen and oxygen atoms in total. The first kappa shape index (κ1) is 16.2. The van der Waals surface area contributed by atoms with Crippen molar-refractivity contribution in [1.29, 1.82) is 0 Å². The van der Waals surface area contributed by atoms with Gasteiger partial charge in [0.1, 0.15) is 18.1 Å². The van der Waals surface area contributed by atoms with E-state index < -0.39 is 0 Å². The van der Waals surface area contributed by atoms with Gasteiger partial charge in [0.15, 0.2) is 0 Å². The van der Waals surface area contributed by atoms with E-state index >= 15 is 0 Å². The summed E-state index contributed by atoms with van der Waals surface area (Å²) >= 11 is 6.20. The molecule has 0 aromatic heterocycles. The van der Waals surface area contributed by atoms with E-state index in [2.05, 4.69) is 11.9 Å². The Morgan fingerprint density at radius 2 is 1.91 bits per heavy atom. The fraction of sp³-hybridized carbons (Fsp3) is 0.222. The topological polar surface area (TPSA) is 30.5 Å². The average molecular weight is 318 g/mol. The number of nitrogens with one attached hydrogen (secondary N) is 1. The molecule has 0 spiro atoms. The standard InChI is InChI=1S/C18H20ClNO2/c1-3-11-22-18-10-5-14(12-17(18)19)13-20-15-6-8-16(9-7-15)21-4-2/h3,5-10,12,20H,1,4,11,13H2,2H3. The van der Waals surface area contributed by atoms with Gasteiger partial charge in [-0.3, -0.25) is 0 Å². The number of benzene rings is 2. The molecule has 2 aromatic rings. The van der Waals surface area contributed by atoms with E-state index in [9.17, 15) is 0 Å². The Morgan fingerprint density at radius 1 is 1.14 bits per heavy atom. The van der Waals surface area contributed by atoms with Crippen LogP contribution in [0.5, 0.6) is 11.5 Å². The third kappa shape index (κ3) is 4.71. The molecule has 4 heteroatoms. The van der Waals surface area contributed by atoms with E-state index in [1.54, 1.807) is 6.08 Å². The first-order valence-electron chi connectivity index (χ1n) is 7.21. The van der Waals surface area contributed by atoms with Gasteiger partial charge in [0.05, 0.1) is 11.6 Å². The molecule has 0 saturated carbocycles. The van der Waals surface area contributed by atoms with Crippen LogP contribution in [0.25, 0.3) is 0 Å². The molecule has 0 aliphatic heterocycles. The van der Waals surface area contributed by atoms with Gasteiger partial charge in [-0.25, -0.2) is 0 Å². The highest BCUT2D eigenvalue weighted by atomic mass is 35.5. The maximum atomic E-state index is 6.20. The summed E-state index contributed by atoms with van der Waals surface area (Å²) in [6.45, 7) is 7.40. The van der Waals surface area contributed by atoms with Crippen LogP contribution in [0.3, 0.4) is 0 Å². The van der Waals surface area contributed by atoms with Gasteiger partial charge < -0.3 is 14.8 Å². The zero-order chi connectivity index (χ0) is 15.8. The number of hydrogen-bond acceptors (Lipinski definition) is 3. The largest absolute Gasteiger partial charge is 0.494 e. The molecular formula is C18H20ClNO2. The predicted octanol–water partition coefficient (Wildman–Crippen LogP) is 4.92. The molecular weight excluding hydrogens is 298 g/mol. The van der Waals surface area contributed by atoms with Gasteiger partial charge in [-0.05, 0) is 48.9 Å².